The van der Waals surface area contributed by atoms with Gasteiger partial charge in [0.2, 0.25) is 0 Å². The van der Waals surface area contributed by atoms with E-state index in [2.05, 4.69) is 18.0 Å². The van der Waals surface area contributed by atoms with Crippen molar-refractivity contribution in [3.8, 4) is 0 Å². The van der Waals surface area contributed by atoms with Crippen LogP contribution < -0.4 is 5.73 Å². The van der Waals surface area contributed by atoms with Gasteiger partial charge in [-0.15, -0.1) is 0 Å². The summed E-state index contributed by atoms with van der Waals surface area (Å²) in [6.45, 7) is 0. The molecule has 0 saturated carbocycles. The number of anilines is 1. The van der Waals surface area contributed by atoms with Crippen molar-refractivity contribution in [2.24, 2.45) is 0 Å². The molecule has 0 fully saturated rings. The molecule has 0 spiro atoms. The van der Waals surface area contributed by atoms with Crippen LogP contribution in [-0.4, -0.2) is 5.87 Å². The zero-order valence-electron chi connectivity index (χ0n) is 6.34. The molecule has 2 N–H and O–H groups in total. The van der Waals surface area contributed by atoms with Gasteiger partial charge in [-0.2, -0.15) is 10.5 Å². The molecule has 1 nitrogen and oxygen atoms in total. The number of hydrogen-bond acceptors (Lipinski definition) is 1. The zero-order chi connectivity index (χ0) is 7.84. The summed E-state index contributed by atoms with van der Waals surface area (Å²) < 4.78 is 0. The fraction of sp³-hybridized carbons (Fsp3) is 0.222. The van der Waals surface area contributed by atoms with E-state index in [-0.39, 0.29) is 0 Å². The summed E-state index contributed by atoms with van der Waals surface area (Å²) in [7, 11) is 0.317. The fourth-order valence-electron chi connectivity index (χ4n) is 1.41. The van der Waals surface area contributed by atoms with Gasteiger partial charge in [0.25, 0.3) is 0 Å². The molecular formula is C9H11NS. The molecule has 1 aliphatic rings. The number of hydrogen-bond donors (Lipinski definition) is 1. The summed E-state index contributed by atoms with van der Waals surface area (Å²) in [5.74, 6) is 6.34. The van der Waals surface area contributed by atoms with Crippen molar-refractivity contribution in [2.45, 2.75) is 11.5 Å². The third-order valence-corrected chi connectivity index (χ3v) is 3.39. The Kier molecular flexibility index (Phi) is 1.50. The minimum absolute atomic E-state index is 0.317. The second kappa shape index (κ2) is 2.38. The van der Waals surface area contributed by atoms with Crippen LogP contribution in [-0.2, 0) is 11.5 Å². The molecule has 11 heavy (non-hydrogen) atoms. The van der Waals surface area contributed by atoms with Crippen LogP contribution in [0.25, 0.3) is 0 Å². The third kappa shape index (κ3) is 1.18. The number of rotatable bonds is 0. The van der Waals surface area contributed by atoms with Crippen LogP contribution in [0.5, 0.6) is 0 Å². The van der Waals surface area contributed by atoms with Gasteiger partial charge >= 0.3 is 0 Å². The average Bonchev–Trinajstić information content (AvgIpc) is 2.27. The number of benzene rings is 1. The van der Waals surface area contributed by atoms with Gasteiger partial charge in [0, 0.05) is 17.2 Å². The molecule has 1 heterocycles. The molecule has 0 aliphatic carbocycles. The Morgan fingerprint density at radius 3 is 2.82 bits per heavy atom. The largest absolute Gasteiger partial charge is 0.399 e. The van der Waals surface area contributed by atoms with Gasteiger partial charge in [0.1, 0.15) is 0 Å². The maximum atomic E-state index is 5.66. The molecule has 0 saturated heterocycles. The fourth-order valence-corrected chi connectivity index (χ4v) is 2.94. The highest BCUT2D eigenvalue weighted by atomic mass is 32.2. The standard InChI is InChI=1S/C9H11NS/c1-11-5-7-2-3-9(10)4-8(7)6-11/h2-4H,1,5-6,10H2. The Labute approximate surface area is 69.2 Å². The molecule has 1 aromatic carbocycles. The highest BCUT2D eigenvalue weighted by Crippen LogP contribution is 2.34. The SMILES string of the molecule is C=S1Cc2ccc(N)cc2C1. The van der Waals surface area contributed by atoms with Crippen molar-refractivity contribution in [1.29, 1.82) is 0 Å². The summed E-state index contributed by atoms with van der Waals surface area (Å²) in [4.78, 5) is 0. The average molecular weight is 165 g/mol. The van der Waals surface area contributed by atoms with E-state index in [1.54, 1.807) is 0 Å². The van der Waals surface area contributed by atoms with Gasteiger partial charge in [-0.1, -0.05) is 11.9 Å². The molecular weight excluding hydrogens is 154 g/mol. The van der Waals surface area contributed by atoms with Gasteiger partial charge in [0.15, 0.2) is 0 Å². The lowest BCUT2D eigenvalue weighted by Gasteiger charge is -1.97. The zero-order valence-corrected chi connectivity index (χ0v) is 7.16. The summed E-state index contributed by atoms with van der Waals surface area (Å²) in [6.07, 6.45) is 0. The highest BCUT2D eigenvalue weighted by molar-refractivity contribution is 8.12. The Morgan fingerprint density at radius 2 is 2.00 bits per heavy atom. The van der Waals surface area contributed by atoms with Gasteiger partial charge < -0.3 is 5.73 Å². The Bertz CT molecular complexity index is 317. The number of fused-ring (bicyclic) bond motifs is 1. The molecule has 58 valence electrons. The third-order valence-electron chi connectivity index (χ3n) is 1.95. The van der Waals surface area contributed by atoms with Crippen molar-refractivity contribution in [3.05, 3.63) is 29.3 Å². The maximum Gasteiger partial charge on any atom is 0.0317 e. The van der Waals surface area contributed by atoms with Gasteiger partial charge in [-0.05, 0) is 23.3 Å². The van der Waals surface area contributed by atoms with E-state index >= 15 is 0 Å². The molecule has 1 aliphatic heterocycles. The van der Waals surface area contributed by atoms with Crippen molar-refractivity contribution >= 4 is 22.0 Å². The minimum Gasteiger partial charge on any atom is -0.399 e. The van der Waals surface area contributed by atoms with Crippen molar-refractivity contribution < 1.29 is 0 Å². The van der Waals surface area contributed by atoms with Crippen LogP contribution in [0.4, 0.5) is 5.69 Å². The summed E-state index contributed by atoms with van der Waals surface area (Å²) in [5.41, 5.74) is 9.38. The first-order chi connectivity index (χ1) is 5.25. The number of nitrogen functional groups attached to an aromatic ring is 1. The van der Waals surface area contributed by atoms with Crippen LogP contribution >= 0.6 is 10.5 Å². The van der Waals surface area contributed by atoms with Gasteiger partial charge in [0.05, 0.1) is 0 Å². The second-order valence-electron chi connectivity index (χ2n) is 2.93. The highest BCUT2D eigenvalue weighted by Gasteiger charge is 2.11. The first-order valence-electron chi connectivity index (χ1n) is 3.60. The lowest BCUT2D eigenvalue weighted by atomic mass is 10.1. The molecule has 1 aromatic rings. The Hall–Kier alpha value is -0.760. The van der Waals surface area contributed by atoms with Gasteiger partial charge in [-0.3, -0.25) is 0 Å². The summed E-state index contributed by atoms with van der Waals surface area (Å²) in [5, 5.41) is 0. The smallest absolute Gasteiger partial charge is 0.0317 e. The predicted molar refractivity (Wildman–Crippen MR) is 53.0 cm³/mol. The van der Waals surface area contributed by atoms with Crippen LogP contribution in [0.2, 0.25) is 0 Å². The van der Waals surface area contributed by atoms with E-state index in [1.165, 1.54) is 11.1 Å². The second-order valence-corrected chi connectivity index (χ2v) is 4.73. The molecule has 0 radical (unpaired) electrons. The van der Waals surface area contributed by atoms with Crippen LogP contribution in [0, 0.1) is 0 Å². The van der Waals surface area contributed by atoms with E-state index in [1.807, 2.05) is 6.07 Å². The first kappa shape index (κ1) is 6.92. The van der Waals surface area contributed by atoms with E-state index < -0.39 is 0 Å². The van der Waals surface area contributed by atoms with Crippen molar-refractivity contribution in [1.82, 2.24) is 0 Å². The summed E-state index contributed by atoms with van der Waals surface area (Å²) >= 11 is 0. The Morgan fingerprint density at radius 1 is 1.27 bits per heavy atom. The maximum absolute atomic E-state index is 5.66. The molecule has 2 rings (SSSR count). The summed E-state index contributed by atoms with van der Waals surface area (Å²) in [6, 6.07) is 6.18. The van der Waals surface area contributed by atoms with Crippen LogP contribution in [0.15, 0.2) is 18.2 Å². The quantitative estimate of drug-likeness (QED) is 0.461. The van der Waals surface area contributed by atoms with Crippen LogP contribution in [0.3, 0.4) is 0 Å². The normalized spacial score (nSPS) is 21.6. The molecule has 1 unspecified atom stereocenters. The van der Waals surface area contributed by atoms with E-state index in [9.17, 15) is 0 Å². The lowest BCUT2D eigenvalue weighted by Crippen LogP contribution is -1.87. The molecule has 0 bridgehead atoms. The van der Waals surface area contributed by atoms with E-state index in [0.717, 1.165) is 17.2 Å². The van der Waals surface area contributed by atoms with Gasteiger partial charge in [-0.25, -0.2) is 0 Å². The molecule has 1 atom stereocenters. The Balaban J connectivity index is 2.51. The van der Waals surface area contributed by atoms with Crippen molar-refractivity contribution in [2.75, 3.05) is 5.73 Å². The minimum atomic E-state index is 0.317. The lowest BCUT2D eigenvalue weighted by molar-refractivity contribution is 1.35. The van der Waals surface area contributed by atoms with E-state index in [4.69, 9.17) is 5.73 Å². The molecule has 0 aromatic heterocycles. The molecule has 2 heteroatoms. The monoisotopic (exact) mass is 165 g/mol. The topological polar surface area (TPSA) is 26.0 Å². The van der Waals surface area contributed by atoms with Crippen molar-refractivity contribution in [3.63, 3.8) is 0 Å². The van der Waals surface area contributed by atoms with Crippen LogP contribution in [0.1, 0.15) is 11.1 Å². The van der Waals surface area contributed by atoms with E-state index in [0.29, 0.717) is 10.5 Å². The molecule has 0 amide bonds. The number of nitrogens with two attached hydrogens (primary N) is 1. The first-order valence-corrected chi connectivity index (χ1v) is 5.33. The predicted octanol–water partition coefficient (Wildman–Crippen LogP) is 1.98.